The summed E-state index contributed by atoms with van der Waals surface area (Å²) < 4.78 is 0. The summed E-state index contributed by atoms with van der Waals surface area (Å²) in [6.07, 6.45) is 3.07. The first-order chi connectivity index (χ1) is 8.70. The average molecular weight is 245 g/mol. The molecule has 0 aliphatic rings. The van der Waals surface area contributed by atoms with Crippen molar-refractivity contribution in [2.24, 2.45) is 10.9 Å². The number of amidine groups is 1. The number of nitrogens with zero attached hydrogens (tertiary/aromatic N) is 2. The number of carbonyl (C=O) groups excluding carboxylic acids is 1. The number of aromatic amines is 1. The van der Waals surface area contributed by atoms with Crippen molar-refractivity contribution in [2.45, 2.75) is 0 Å². The molecule has 7 nitrogen and oxygen atoms in total. The monoisotopic (exact) mass is 245 g/mol. The summed E-state index contributed by atoms with van der Waals surface area (Å²) in [6, 6.07) is 6.37. The van der Waals surface area contributed by atoms with E-state index in [9.17, 15) is 4.79 Å². The van der Waals surface area contributed by atoms with E-state index in [4.69, 9.17) is 10.9 Å². The number of amides is 1. The van der Waals surface area contributed by atoms with Crippen LogP contribution in [0.15, 0.2) is 41.8 Å². The topological polar surface area (TPSA) is 116 Å². The molecule has 0 aliphatic carbocycles. The number of carbonyl (C=O) groups is 1. The van der Waals surface area contributed by atoms with Crippen molar-refractivity contribution in [2.75, 3.05) is 5.32 Å². The van der Waals surface area contributed by atoms with Gasteiger partial charge in [-0.2, -0.15) is 5.10 Å². The van der Waals surface area contributed by atoms with Crippen LogP contribution < -0.4 is 11.1 Å². The number of rotatable bonds is 3. The minimum absolute atomic E-state index is 0.00297. The van der Waals surface area contributed by atoms with Crippen LogP contribution in [-0.2, 0) is 0 Å². The van der Waals surface area contributed by atoms with Crippen LogP contribution in [0.1, 0.15) is 15.9 Å². The maximum atomic E-state index is 11.8. The summed E-state index contributed by atoms with van der Waals surface area (Å²) in [4.78, 5) is 11.8. The molecule has 0 fully saturated rings. The second-order valence-electron chi connectivity index (χ2n) is 3.50. The third-order valence-corrected chi connectivity index (χ3v) is 2.31. The zero-order chi connectivity index (χ0) is 13.0. The summed E-state index contributed by atoms with van der Waals surface area (Å²) in [5, 5.41) is 20.4. The Hall–Kier alpha value is -2.83. The molecule has 2 aromatic rings. The Bertz CT molecular complexity index is 560. The summed E-state index contributed by atoms with van der Waals surface area (Å²) >= 11 is 0. The molecule has 2 rings (SSSR count). The lowest BCUT2D eigenvalue weighted by atomic mass is 10.1. The zero-order valence-corrected chi connectivity index (χ0v) is 9.29. The highest BCUT2D eigenvalue weighted by Gasteiger charge is 2.07. The van der Waals surface area contributed by atoms with E-state index in [0.29, 0.717) is 16.8 Å². The second-order valence-corrected chi connectivity index (χ2v) is 3.50. The molecule has 1 aromatic carbocycles. The van der Waals surface area contributed by atoms with Crippen LogP contribution in [0.4, 0.5) is 5.69 Å². The molecule has 18 heavy (non-hydrogen) atoms. The summed E-state index contributed by atoms with van der Waals surface area (Å²) in [7, 11) is 0. The Balaban J connectivity index is 2.12. The largest absolute Gasteiger partial charge is 0.409 e. The van der Waals surface area contributed by atoms with Gasteiger partial charge in [0.25, 0.3) is 5.91 Å². The lowest BCUT2D eigenvalue weighted by Gasteiger charge is -2.03. The molecule has 7 heteroatoms. The van der Waals surface area contributed by atoms with E-state index in [1.165, 1.54) is 6.20 Å². The first-order valence-electron chi connectivity index (χ1n) is 5.09. The van der Waals surface area contributed by atoms with Gasteiger partial charge >= 0.3 is 0 Å². The predicted molar refractivity (Wildman–Crippen MR) is 65.5 cm³/mol. The smallest absolute Gasteiger partial charge is 0.255 e. The Morgan fingerprint density at radius 1 is 1.33 bits per heavy atom. The van der Waals surface area contributed by atoms with Crippen LogP contribution in [0.2, 0.25) is 0 Å². The van der Waals surface area contributed by atoms with E-state index in [1.54, 1.807) is 30.5 Å². The normalized spacial score (nSPS) is 11.2. The molecule has 0 saturated heterocycles. The van der Waals surface area contributed by atoms with Crippen molar-refractivity contribution in [1.82, 2.24) is 10.2 Å². The van der Waals surface area contributed by atoms with Crippen molar-refractivity contribution in [3.8, 4) is 0 Å². The van der Waals surface area contributed by atoms with Gasteiger partial charge in [-0.25, -0.2) is 0 Å². The van der Waals surface area contributed by atoms with Crippen molar-refractivity contribution in [3.63, 3.8) is 0 Å². The van der Waals surface area contributed by atoms with Gasteiger partial charge in [0.05, 0.1) is 11.9 Å². The zero-order valence-electron chi connectivity index (χ0n) is 9.29. The molecule has 0 unspecified atom stereocenters. The number of anilines is 1. The molecule has 0 bridgehead atoms. The van der Waals surface area contributed by atoms with Gasteiger partial charge < -0.3 is 16.3 Å². The highest BCUT2D eigenvalue weighted by molar-refractivity contribution is 6.05. The minimum atomic E-state index is -0.262. The number of nitrogens with one attached hydrogen (secondary N) is 2. The molecule has 0 atom stereocenters. The van der Waals surface area contributed by atoms with Crippen molar-refractivity contribution in [1.29, 1.82) is 0 Å². The summed E-state index contributed by atoms with van der Waals surface area (Å²) in [5.74, 6) is -0.265. The molecular weight excluding hydrogens is 234 g/mol. The lowest BCUT2D eigenvalue weighted by Crippen LogP contribution is -2.14. The van der Waals surface area contributed by atoms with Crippen LogP contribution in [0.5, 0.6) is 0 Å². The van der Waals surface area contributed by atoms with Crippen LogP contribution >= 0.6 is 0 Å². The van der Waals surface area contributed by atoms with Crippen molar-refractivity contribution in [3.05, 3.63) is 47.8 Å². The fourth-order valence-electron chi connectivity index (χ4n) is 1.37. The van der Waals surface area contributed by atoms with Crippen LogP contribution in [-0.4, -0.2) is 27.1 Å². The maximum absolute atomic E-state index is 11.8. The van der Waals surface area contributed by atoms with E-state index in [2.05, 4.69) is 20.7 Å². The Morgan fingerprint density at radius 2 is 2.00 bits per heavy atom. The second kappa shape index (κ2) is 5.00. The Labute approximate surface area is 102 Å². The molecule has 0 radical (unpaired) electrons. The van der Waals surface area contributed by atoms with Gasteiger partial charge in [0.15, 0.2) is 5.84 Å². The molecule has 1 amide bonds. The Morgan fingerprint density at radius 3 is 2.56 bits per heavy atom. The van der Waals surface area contributed by atoms with Crippen molar-refractivity contribution < 1.29 is 10.0 Å². The standard InChI is InChI=1S/C11H11N5O2/c12-10(16-18)7-1-3-8(4-2-7)11(17)15-9-5-13-14-6-9/h1-6,18H,(H2,12,16)(H,13,14)(H,15,17). The number of hydrogen-bond acceptors (Lipinski definition) is 4. The van der Waals surface area contributed by atoms with E-state index >= 15 is 0 Å². The molecular formula is C11H11N5O2. The quantitative estimate of drug-likeness (QED) is 0.276. The van der Waals surface area contributed by atoms with Gasteiger partial charge in [0, 0.05) is 17.3 Å². The molecule has 0 aliphatic heterocycles. The van der Waals surface area contributed by atoms with E-state index < -0.39 is 0 Å². The van der Waals surface area contributed by atoms with Crippen LogP contribution in [0.3, 0.4) is 0 Å². The fourth-order valence-corrected chi connectivity index (χ4v) is 1.37. The number of oxime groups is 1. The predicted octanol–water partition coefficient (Wildman–Crippen LogP) is 0.756. The summed E-state index contributed by atoms with van der Waals surface area (Å²) in [6.45, 7) is 0. The number of nitrogens with two attached hydrogens (primary N) is 1. The van der Waals surface area contributed by atoms with E-state index in [-0.39, 0.29) is 11.7 Å². The highest BCUT2D eigenvalue weighted by atomic mass is 16.4. The fraction of sp³-hybridized carbons (Fsp3) is 0. The van der Waals surface area contributed by atoms with Gasteiger partial charge in [-0.3, -0.25) is 9.89 Å². The maximum Gasteiger partial charge on any atom is 0.255 e. The van der Waals surface area contributed by atoms with Gasteiger partial charge in [0.2, 0.25) is 0 Å². The lowest BCUT2D eigenvalue weighted by molar-refractivity contribution is 0.102. The van der Waals surface area contributed by atoms with Gasteiger partial charge in [-0.15, -0.1) is 0 Å². The van der Waals surface area contributed by atoms with E-state index in [1.807, 2.05) is 0 Å². The molecule has 1 aromatic heterocycles. The van der Waals surface area contributed by atoms with Gasteiger partial charge in [-0.05, 0) is 12.1 Å². The number of H-pyrrole nitrogens is 1. The molecule has 92 valence electrons. The first kappa shape index (κ1) is 11.6. The van der Waals surface area contributed by atoms with Crippen LogP contribution in [0, 0.1) is 0 Å². The van der Waals surface area contributed by atoms with Crippen LogP contribution in [0.25, 0.3) is 0 Å². The number of hydrogen-bond donors (Lipinski definition) is 4. The minimum Gasteiger partial charge on any atom is -0.409 e. The SMILES string of the molecule is N/C(=N\O)c1ccc(C(=O)Nc2cn[nH]c2)cc1. The third kappa shape index (κ3) is 2.46. The van der Waals surface area contributed by atoms with Gasteiger partial charge in [-0.1, -0.05) is 17.3 Å². The highest BCUT2D eigenvalue weighted by Crippen LogP contribution is 2.08. The molecule has 0 spiro atoms. The van der Waals surface area contributed by atoms with E-state index in [0.717, 1.165) is 0 Å². The first-order valence-corrected chi connectivity index (χ1v) is 5.09. The van der Waals surface area contributed by atoms with Crippen molar-refractivity contribution >= 4 is 17.4 Å². The average Bonchev–Trinajstić information content (AvgIpc) is 2.91. The number of benzene rings is 1. The molecule has 5 N–H and O–H groups in total. The number of aromatic nitrogens is 2. The molecule has 0 saturated carbocycles. The summed E-state index contributed by atoms with van der Waals surface area (Å²) in [5.41, 5.74) is 7.00. The third-order valence-electron chi connectivity index (χ3n) is 2.31. The van der Waals surface area contributed by atoms with Gasteiger partial charge in [0.1, 0.15) is 0 Å². The Kier molecular flexibility index (Phi) is 3.24. The molecule has 1 heterocycles.